The van der Waals surface area contributed by atoms with Crippen molar-refractivity contribution in [2.45, 2.75) is 12.8 Å². The summed E-state index contributed by atoms with van der Waals surface area (Å²) in [4.78, 5) is 4.75. The second-order valence-corrected chi connectivity index (χ2v) is 11.0. The number of nitrogens with zero attached hydrogens (tertiary/aromatic N) is 1. The maximum Gasteiger partial charge on any atom is 0.203 e. The minimum Gasteiger partial charge on any atom is -0.493 e. The van der Waals surface area contributed by atoms with Crippen molar-refractivity contribution in [1.29, 1.82) is 0 Å². The van der Waals surface area contributed by atoms with Crippen LogP contribution in [0.3, 0.4) is 0 Å². The number of aromatic nitrogens is 1. The molecule has 0 bridgehead atoms. The number of hydrogen-bond acceptors (Lipinski definition) is 9. The van der Waals surface area contributed by atoms with E-state index in [0.29, 0.717) is 53.5 Å². The molecule has 0 atom stereocenters. The van der Waals surface area contributed by atoms with Crippen LogP contribution in [0.1, 0.15) is 24.0 Å². The van der Waals surface area contributed by atoms with E-state index < -0.39 is 0 Å². The lowest BCUT2D eigenvalue weighted by molar-refractivity contribution is 0.252. The van der Waals surface area contributed by atoms with E-state index in [1.54, 1.807) is 46.9 Å². The van der Waals surface area contributed by atoms with E-state index in [0.717, 1.165) is 44.8 Å². The van der Waals surface area contributed by atoms with Crippen LogP contribution in [0.25, 0.3) is 32.9 Å². The van der Waals surface area contributed by atoms with E-state index in [9.17, 15) is 0 Å². The Balaban J connectivity index is 1.15. The molecule has 234 valence electrons. The summed E-state index contributed by atoms with van der Waals surface area (Å²) >= 11 is 1.66. The molecule has 0 aliphatic heterocycles. The first-order valence-corrected chi connectivity index (χ1v) is 15.3. The first kappa shape index (κ1) is 31.5. The molecule has 0 aliphatic carbocycles. The summed E-state index contributed by atoms with van der Waals surface area (Å²) in [7, 11) is 8.08. The summed E-state index contributed by atoms with van der Waals surface area (Å²) < 4.78 is 40.8. The average molecular weight is 628 g/mol. The van der Waals surface area contributed by atoms with Gasteiger partial charge in [-0.05, 0) is 78.6 Å². The van der Waals surface area contributed by atoms with Crippen molar-refractivity contribution in [3.63, 3.8) is 0 Å². The molecule has 0 saturated heterocycles. The van der Waals surface area contributed by atoms with Crippen molar-refractivity contribution < 1.29 is 33.2 Å². The lowest BCUT2D eigenvalue weighted by Crippen LogP contribution is -2.04. The molecule has 1 heterocycles. The van der Waals surface area contributed by atoms with Crippen LogP contribution in [-0.2, 0) is 0 Å². The SMILES string of the molecule is COc1cc(-c2nc3ccccc3s2)ccc1OCCCCOc1cc(C=Cc2cc(OC)c(OC)c(OC)c2)ccc1OC. The Morgan fingerprint density at radius 2 is 1.20 bits per heavy atom. The minimum atomic E-state index is 0.521. The highest BCUT2D eigenvalue weighted by Crippen LogP contribution is 2.39. The standard InChI is InChI=1S/C36H37NO7S/c1-38-28-16-14-24(12-13-25-21-32(40-3)35(42-5)33(22-25)41-4)20-31(28)44-19-9-8-18-43-29-17-15-26(23-30(29)39-2)36-37-27-10-6-7-11-34(27)45-36/h6-7,10-17,20-23H,8-9,18-19H2,1-5H3. The van der Waals surface area contributed by atoms with Crippen molar-refractivity contribution in [2.24, 2.45) is 0 Å². The second kappa shape index (κ2) is 15.2. The van der Waals surface area contributed by atoms with Gasteiger partial charge >= 0.3 is 0 Å². The van der Waals surface area contributed by atoms with Crippen LogP contribution in [0.4, 0.5) is 0 Å². The first-order chi connectivity index (χ1) is 22.1. The van der Waals surface area contributed by atoms with Gasteiger partial charge < -0.3 is 33.2 Å². The monoisotopic (exact) mass is 627 g/mol. The minimum absolute atomic E-state index is 0.521. The molecule has 8 nitrogen and oxygen atoms in total. The molecule has 0 spiro atoms. The van der Waals surface area contributed by atoms with E-state index in [-0.39, 0.29) is 0 Å². The zero-order chi connectivity index (χ0) is 31.6. The van der Waals surface area contributed by atoms with Gasteiger partial charge in [0.25, 0.3) is 0 Å². The third-order valence-corrected chi connectivity index (χ3v) is 8.19. The number of hydrogen-bond donors (Lipinski definition) is 0. The fourth-order valence-electron chi connectivity index (χ4n) is 4.78. The molecule has 1 aromatic heterocycles. The largest absolute Gasteiger partial charge is 0.493 e. The van der Waals surface area contributed by atoms with E-state index in [4.69, 9.17) is 38.1 Å². The van der Waals surface area contributed by atoms with Crippen LogP contribution in [-0.4, -0.2) is 53.7 Å². The van der Waals surface area contributed by atoms with Gasteiger partial charge in [0.2, 0.25) is 5.75 Å². The van der Waals surface area contributed by atoms with Gasteiger partial charge in [-0.25, -0.2) is 4.98 Å². The molecule has 0 unspecified atom stereocenters. The Kier molecular flexibility index (Phi) is 10.7. The average Bonchev–Trinajstić information content (AvgIpc) is 3.53. The summed E-state index contributed by atoms with van der Waals surface area (Å²) in [5, 5.41) is 0.953. The Morgan fingerprint density at radius 1 is 0.578 bits per heavy atom. The Morgan fingerprint density at radius 3 is 1.87 bits per heavy atom. The molecule has 0 fully saturated rings. The quantitative estimate of drug-likeness (QED) is 0.0846. The fraction of sp³-hybridized carbons (Fsp3) is 0.250. The van der Waals surface area contributed by atoms with Crippen molar-refractivity contribution in [3.05, 3.63) is 83.9 Å². The molecular weight excluding hydrogens is 590 g/mol. The molecule has 0 N–H and O–H groups in total. The topological polar surface area (TPSA) is 77.5 Å². The number of unbranched alkanes of at least 4 members (excludes halogenated alkanes) is 1. The number of ether oxygens (including phenoxy) is 7. The third kappa shape index (κ3) is 7.61. The van der Waals surface area contributed by atoms with E-state index in [2.05, 4.69) is 6.07 Å². The summed E-state index contributed by atoms with van der Waals surface area (Å²) in [5.74, 6) is 4.49. The summed E-state index contributed by atoms with van der Waals surface area (Å²) in [6.07, 6.45) is 5.59. The number of thiazole rings is 1. The van der Waals surface area contributed by atoms with Crippen LogP contribution in [0.15, 0.2) is 72.8 Å². The fourth-order valence-corrected chi connectivity index (χ4v) is 5.75. The van der Waals surface area contributed by atoms with Gasteiger partial charge in [-0.3, -0.25) is 0 Å². The number of para-hydroxylation sites is 1. The second-order valence-electron chi connectivity index (χ2n) is 9.96. The molecule has 9 heteroatoms. The van der Waals surface area contributed by atoms with Crippen molar-refractivity contribution in [1.82, 2.24) is 4.98 Å². The van der Waals surface area contributed by atoms with E-state index in [1.165, 1.54) is 0 Å². The zero-order valence-corrected chi connectivity index (χ0v) is 26.9. The molecule has 5 aromatic rings. The highest BCUT2D eigenvalue weighted by molar-refractivity contribution is 7.21. The van der Waals surface area contributed by atoms with E-state index >= 15 is 0 Å². The van der Waals surface area contributed by atoms with Crippen LogP contribution < -0.4 is 33.2 Å². The third-order valence-electron chi connectivity index (χ3n) is 7.10. The maximum atomic E-state index is 6.11. The summed E-state index contributed by atoms with van der Waals surface area (Å²) in [6.45, 7) is 1.06. The van der Waals surface area contributed by atoms with Crippen LogP contribution >= 0.6 is 11.3 Å². The summed E-state index contributed by atoms with van der Waals surface area (Å²) in [6, 6.07) is 23.7. The number of fused-ring (bicyclic) bond motifs is 1. The summed E-state index contributed by atoms with van der Waals surface area (Å²) in [5.41, 5.74) is 3.87. The highest BCUT2D eigenvalue weighted by Gasteiger charge is 2.13. The van der Waals surface area contributed by atoms with Gasteiger partial charge in [0.1, 0.15) is 5.01 Å². The Bertz CT molecular complexity index is 1710. The van der Waals surface area contributed by atoms with Crippen molar-refractivity contribution >= 4 is 33.7 Å². The van der Waals surface area contributed by atoms with Gasteiger partial charge in [-0.15, -0.1) is 11.3 Å². The molecule has 45 heavy (non-hydrogen) atoms. The number of benzene rings is 4. The first-order valence-electron chi connectivity index (χ1n) is 14.5. The molecular formula is C36H37NO7S. The Hall–Kier alpha value is -4.89. The van der Waals surface area contributed by atoms with Gasteiger partial charge in [-0.2, -0.15) is 0 Å². The van der Waals surface area contributed by atoms with Crippen molar-refractivity contribution in [3.8, 4) is 50.8 Å². The lowest BCUT2D eigenvalue weighted by atomic mass is 10.1. The number of methoxy groups -OCH3 is 5. The molecule has 0 aliphatic rings. The predicted molar refractivity (Wildman–Crippen MR) is 180 cm³/mol. The van der Waals surface area contributed by atoms with Crippen molar-refractivity contribution in [2.75, 3.05) is 48.8 Å². The van der Waals surface area contributed by atoms with Gasteiger partial charge in [-0.1, -0.05) is 30.4 Å². The Labute approximate surface area is 267 Å². The normalized spacial score (nSPS) is 11.0. The molecule has 5 rings (SSSR count). The van der Waals surface area contributed by atoms with Gasteiger partial charge in [0.05, 0.1) is 59.0 Å². The number of rotatable bonds is 15. The lowest BCUT2D eigenvalue weighted by Gasteiger charge is -2.13. The molecule has 4 aromatic carbocycles. The van der Waals surface area contributed by atoms with Gasteiger partial charge in [0.15, 0.2) is 34.5 Å². The van der Waals surface area contributed by atoms with E-state index in [1.807, 2.05) is 78.9 Å². The molecule has 0 saturated carbocycles. The smallest absolute Gasteiger partial charge is 0.203 e. The highest BCUT2D eigenvalue weighted by atomic mass is 32.1. The van der Waals surface area contributed by atoms with Crippen LogP contribution in [0, 0.1) is 0 Å². The van der Waals surface area contributed by atoms with Crippen LogP contribution in [0.5, 0.6) is 40.2 Å². The molecule has 0 radical (unpaired) electrons. The van der Waals surface area contributed by atoms with Crippen LogP contribution in [0.2, 0.25) is 0 Å². The predicted octanol–water partition coefficient (Wildman–Crippen LogP) is 8.41. The maximum absolute atomic E-state index is 6.11. The zero-order valence-electron chi connectivity index (χ0n) is 26.1. The van der Waals surface area contributed by atoms with Gasteiger partial charge in [0, 0.05) is 5.56 Å². The molecule has 0 amide bonds.